The lowest BCUT2D eigenvalue weighted by atomic mass is 9.96. The van der Waals surface area contributed by atoms with Crippen molar-refractivity contribution in [3.63, 3.8) is 0 Å². The van der Waals surface area contributed by atoms with Crippen LogP contribution in [0.3, 0.4) is 0 Å². The van der Waals surface area contributed by atoms with Crippen molar-refractivity contribution in [1.29, 1.82) is 0 Å². The average molecular weight is 413 g/mol. The monoisotopic (exact) mass is 412 g/mol. The van der Waals surface area contributed by atoms with E-state index in [1.165, 1.54) is 30.4 Å². The molecule has 162 valence electrons. The van der Waals surface area contributed by atoms with Crippen LogP contribution in [0.4, 0.5) is 0 Å². The van der Waals surface area contributed by atoms with Gasteiger partial charge in [0.05, 0.1) is 19.3 Å². The number of hydrogen-bond donors (Lipinski definition) is 2. The van der Waals surface area contributed by atoms with Gasteiger partial charge in [-0.2, -0.15) is 0 Å². The SMILES string of the molecule is CCCC[C@@H](C)C[C@H](O)C=C[C@@H]1C(SCCCCCC(=O)OC)=C(C)C[C@H]1O. The van der Waals surface area contributed by atoms with Crippen molar-refractivity contribution < 1.29 is 19.7 Å². The molecule has 0 heterocycles. The molecule has 0 aromatic heterocycles. The van der Waals surface area contributed by atoms with E-state index in [-0.39, 0.29) is 18.0 Å². The number of ether oxygens (including phenoxy) is 1. The van der Waals surface area contributed by atoms with Crippen LogP contribution < -0.4 is 0 Å². The number of thioether (sulfide) groups is 1. The molecule has 1 rings (SSSR count). The summed E-state index contributed by atoms with van der Waals surface area (Å²) in [4.78, 5) is 12.4. The van der Waals surface area contributed by atoms with E-state index in [4.69, 9.17) is 0 Å². The van der Waals surface area contributed by atoms with Crippen molar-refractivity contribution in [3.05, 3.63) is 22.6 Å². The van der Waals surface area contributed by atoms with E-state index in [1.807, 2.05) is 23.9 Å². The Bertz CT molecular complexity index is 515. The summed E-state index contributed by atoms with van der Waals surface area (Å²) < 4.78 is 4.66. The first-order valence-corrected chi connectivity index (χ1v) is 11.8. The van der Waals surface area contributed by atoms with E-state index in [0.29, 0.717) is 18.8 Å². The summed E-state index contributed by atoms with van der Waals surface area (Å²) in [6.45, 7) is 6.49. The number of carbonyl (C=O) groups excluding carboxylic acids is 1. The van der Waals surface area contributed by atoms with Crippen LogP contribution in [-0.4, -0.2) is 41.3 Å². The van der Waals surface area contributed by atoms with E-state index in [1.54, 1.807) is 0 Å². The first-order valence-electron chi connectivity index (χ1n) is 10.8. The van der Waals surface area contributed by atoms with E-state index in [9.17, 15) is 15.0 Å². The number of carbonyl (C=O) groups is 1. The van der Waals surface area contributed by atoms with Crippen molar-refractivity contribution in [1.82, 2.24) is 0 Å². The molecule has 0 aromatic carbocycles. The number of aliphatic hydroxyl groups is 2. The van der Waals surface area contributed by atoms with Crippen LogP contribution in [0.25, 0.3) is 0 Å². The lowest BCUT2D eigenvalue weighted by molar-refractivity contribution is -0.140. The topological polar surface area (TPSA) is 66.8 Å². The van der Waals surface area contributed by atoms with E-state index in [2.05, 4.69) is 25.5 Å². The second kappa shape index (κ2) is 14.2. The fourth-order valence-corrected chi connectivity index (χ4v) is 5.00. The Morgan fingerprint density at radius 3 is 2.75 bits per heavy atom. The Balaban J connectivity index is 2.43. The van der Waals surface area contributed by atoms with E-state index >= 15 is 0 Å². The predicted molar refractivity (Wildman–Crippen MR) is 118 cm³/mol. The van der Waals surface area contributed by atoms with Crippen LogP contribution in [0.1, 0.15) is 78.6 Å². The Labute approximate surface area is 175 Å². The summed E-state index contributed by atoms with van der Waals surface area (Å²) in [6.07, 6.45) is 11.5. The van der Waals surface area contributed by atoms with Gasteiger partial charge in [-0.1, -0.05) is 57.3 Å². The molecule has 5 heteroatoms. The molecule has 0 aliphatic heterocycles. The molecular formula is C23H40O4S. The van der Waals surface area contributed by atoms with Crippen molar-refractivity contribution in [2.75, 3.05) is 12.9 Å². The zero-order chi connectivity index (χ0) is 20.9. The number of aliphatic hydroxyl groups excluding tert-OH is 2. The molecule has 0 bridgehead atoms. The van der Waals surface area contributed by atoms with Gasteiger partial charge in [0.15, 0.2) is 0 Å². The van der Waals surface area contributed by atoms with Crippen LogP contribution in [0.15, 0.2) is 22.6 Å². The summed E-state index contributed by atoms with van der Waals surface area (Å²) in [5, 5.41) is 20.8. The highest BCUT2D eigenvalue weighted by Gasteiger charge is 2.30. The molecule has 0 saturated carbocycles. The molecule has 2 N–H and O–H groups in total. The standard InChI is InChI=1S/C23H40O4S/c1-5-6-10-17(2)15-19(24)12-13-20-21(25)16-18(3)23(20)28-14-9-7-8-11-22(26)27-4/h12-13,17,19-21,24-25H,5-11,14-16H2,1-4H3/t17-,19-,20+,21-/m1/s1. The Hall–Kier alpha value is -0.780. The van der Waals surface area contributed by atoms with Gasteiger partial charge >= 0.3 is 5.97 Å². The third-order valence-electron chi connectivity index (χ3n) is 5.40. The maximum absolute atomic E-state index is 11.1. The highest BCUT2D eigenvalue weighted by molar-refractivity contribution is 8.03. The maximum atomic E-state index is 11.1. The van der Waals surface area contributed by atoms with Crippen molar-refractivity contribution in [2.45, 2.75) is 90.8 Å². The number of rotatable bonds is 14. The van der Waals surface area contributed by atoms with Crippen LogP contribution in [-0.2, 0) is 9.53 Å². The van der Waals surface area contributed by atoms with Crippen LogP contribution in [0, 0.1) is 11.8 Å². The lowest BCUT2D eigenvalue weighted by Crippen LogP contribution is -2.15. The van der Waals surface area contributed by atoms with Crippen molar-refractivity contribution >= 4 is 17.7 Å². The molecule has 28 heavy (non-hydrogen) atoms. The molecule has 0 amide bonds. The Morgan fingerprint density at radius 2 is 2.07 bits per heavy atom. The van der Waals surface area contributed by atoms with Gasteiger partial charge < -0.3 is 14.9 Å². The fourth-order valence-electron chi connectivity index (χ4n) is 3.68. The number of methoxy groups -OCH3 is 1. The van der Waals surface area contributed by atoms with Gasteiger partial charge in [0.2, 0.25) is 0 Å². The van der Waals surface area contributed by atoms with Crippen LogP contribution in [0.5, 0.6) is 0 Å². The molecular weight excluding hydrogens is 372 g/mol. The van der Waals surface area contributed by atoms with Gasteiger partial charge in [-0.3, -0.25) is 4.79 Å². The molecule has 0 aromatic rings. The first-order chi connectivity index (χ1) is 13.4. The van der Waals surface area contributed by atoms with E-state index < -0.39 is 6.10 Å². The minimum Gasteiger partial charge on any atom is -0.469 e. The Kier molecular flexibility index (Phi) is 12.8. The second-order valence-corrected chi connectivity index (χ2v) is 9.25. The molecule has 1 aliphatic carbocycles. The van der Waals surface area contributed by atoms with Gasteiger partial charge in [0, 0.05) is 12.3 Å². The average Bonchev–Trinajstić information content (AvgIpc) is 2.93. The molecule has 4 atom stereocenters. The smallest absolute Gasteiger partial charge is 0.305 e. The quantitative estimate of drug-likeness (QED) is 0.232. The minimum absolute atomic E-state index is 0.000618. The number of unbranched alkanes of at least 4 members (excludes halogenated alkanes) is 3. The third-order valence-corrected chi connectivity index (χ3v) is 6.82. The molecule has 0 saturated heterocycles. The zero-order valence-corrected chi connectivity index (χ0v) is 19.0. The first kappa shape index (κ1) is 25.3. The third kappa shape index (κ3) is 9.62. The number of esters is 1. The van der Waals surface area contributed by atoms with Gasteiger partial charge in [-0.05, 0) is 49.2 Å². The summed E-state index contributed by atoms with van der Waals surface area (Å²) in [5.74, 6) is 1.37. The normalized spacial score (nSPS) is 22.1. The molecule has 0 fully saturated rings. The molecule has 0 unspecified atom stereocenters. The largest absolute Gasteiger partial charge is 0.469 e. The highest BCUT2D eigenvalue weighted by Crippen LogP contribution is 2.40. The minimum atomic E-state index is -0.440. The van der Waals surface area contributed by atoms with Crippen molar-refractivity contribution in [2.24, 2.45) is 11.8 Å². The summed E-state index contributed by atoms with van der Waals surface area (Å²) in [7, 11) is 1.43. The second-order valence-electron chi connectivity index (χ2n) is 8.11. The fraction of sp³-hybridized carbons (Fsp3) is 0.783. The molecule has 0 radical (unpaired) electrons. The van der Waals surface area contributed by atoms with Gasteiger partial charge in [0.1, 0.15) is 0 Å². The number of hydrogen-bond acceptors (Lipinski definition) is 5. The van der Waals surface area contributed by atoms with Crippen LogP contribution >= 0.6 is 11.8 Å². The van der Waals surface area contributed by atoms with Crippen molar-refractivity contribution in [3.8, 4) is 0 Å². The van der Waals surface area contributed by atoms with Gasteiger partial charge in [0.25, 0.3) is 0 Å². The molecule has 0 spiro atoms. The zero-order valence-electron chi connectivity index (χ0n) is 18.2. The molecule has 4 nitrogen and oxygen atoms in total. The van der Waals surface area contributed by atoms with Gasteiger partial charge in [-0.15, -0.1) is 11.8 Å². The van der Waals surface area contributed by atoms with Gasteiger partial charge in [-0.25, -0.2) is 0 Å². The lowest BCUT2D eigenvalue weighted by Gasteiger charge is -2.17. The highest BCUT2D eigenvalue weighted by atomic mass is 32.2. The summed E-state index contributed by atoms with van der Waals surface area (Å²) in [5.41, 5.74) is 1.26. The summed E-state index contributed by atoms with van der Waals surface area (Å²) >= 11 is 1.82. The summed E-state index contributed by atoms with van der Waals surface area (Å²) in [6, 6.07) is 0. The Morgan fingerprint density at radius 1 is 1.32 bits per heavy atom. The maximum Gasteiger partial charge on any atom is 0.305 e. The predicted octanol–water partition coefficient (Wildman–Crippen LogP) is 5.24. The van der Waals surface area contributed by atoms with E-state index in [0.717, 1.165) is 37.9 Å². The molecule has 1 aliphatic rings. The van der Waals surface area contributed by atoms with Crippen LogP contribution in [0.2, 0.25) is 0 Å².